The fourth-order valence-electron chi connectivity index (χ4n) is 3.51. The van der Waals surface area contributed by atoms with Gasteiger partial charge in [0.25, 0.3) is 0 Å². The zero-order chi connectivity index (χ0) is 19.9. The van der Waals surface area contributed by atoms with Crippen LogP contribution in [0.1, 0.15) is 19.4 Å². The fraction of sp³-hybridized carbons (Fsp3) is 0.292. The molecule has 0 spiro atoms. The summed E-state index contributed by atoms with van der Waals surface area (Å²) in [5, 5.41) is 2.34. The molecule has 0 radical (unpaired) electrons. The van der Waals surface area contributed by atoms with Gasteiger partial charge < -0.3 is 15.5 Å². The maximum Gasteiger partial charge on any atom is 0.231 e. The van der Waals surface area contributed by atoms with E-state index < -0.39 is 0 Å². The third-order valence-corrected chi connectivity index (χ3v) is 5.23. The minimum atomic E-state index is 0.0698. The Hall–Kier alpha value is -2.85. The summed E-state index contributed by atoms with van der Waals surface area (Å²) in [7, 11) is 0. The first-order valence-electron chi connectivity index (χ1n) is 9.97. The molecule has 0 bridgehead atoms. The molecule has 4 nitrogen and oxygen atoms in total. The van der Waals surface area contributed by atoms with E-state index in [1.165, 1.54) is 5.39 Å². The van der Waals surface area contributed by atoms with E-state index in [0.29, 0.717) is 18.7 Å². The van der Waals surface area contributed by atoms with E-state index in [1.54, 1.807) is 0 Å². The predicted molar refractivity (Wildman–Crippen MR) is 119 cm³/mol. The van der Waals surface area contributed by atoms with Crippen LogP contribution in [0.4, 0.5) is 11.4 Å². The molecule has 0 atom stereocenters. The monoisotopic (exact) mass is 375 g/mol. The van der Waals surface area contributed by atoms with Crippen molar-refractivity contribution in [1.29, 1.82) is 0 Å². The molecule has 0 saturated carbocycles. The lowest BCUT2D eigenvalue weighted by atomic mass is 10.0. The molecular formula is C24H29N3O. The van der Waals surface area contributed by atoms with Gasteiger partial charge in [0.1, 0.15) is 0 Å². The van der Waals surface area contributed by atoms with Gasteiger partial charge in [-0.3, -0.25) is 4.79 Å². The third-order valence-electron chi connectivity index (χ3n) is 5.23. The standard InChI is InChI=1S/C24H29N3O/c1-3-26(4-2)15-16-27(23-12-8-7-11-22(23)25)24(28)18-19-13-14-20-9-5-6-10-21(20)17-19/h5-14,17H,3-4,15-16,18,25H2,1-2H3. The second-order valence-electron chi connectivity index (χ2n) is 6.99. The number of carbonyl (C=O) groups is 1. The molecule has 2 N–H and O–H groups in total. The van der Waals surface area contributed by atoms with Gasteiger partial charge in [-0.15, -0.1) is 0 Å². The summed E-state index contributed by atoms with van der Waals surface area (Å²) in [6, 6.07) is 22.0. The Kier molecular flexibility index (Phi) is 6.66. The molecule has 0 fully saturated rings. The van der Waals surface area contributed by atoms with Gasteiger partial charge in [0.2, 0.25) is 5.91 Å². The van der Waals surface area contributed by atoms with Crippen LogP contribution in [-0.4, -0.2) is 37.0 Å². The van der Waals surface area contributed by atoms with Crippen molar-refractivity contribution < 1.29 is 4.79 Å². The SMILES string of the molecule is CCN(CC)CCN(C(=O)Cc1ccc2ccccc2c1)c1ccccc1N. The number of rotatable bonds is 8. The molecule has 146 valence electrons. The average Bonchev–Trinajstić information content (AvgIpc) is 2.72. The van der Waals surface area contributed by atoms with E-state index in [1.807, 2.05) is 47.4 Å². The normalized spacial score (nSPS) is 11.1. The van der Waals surface area contributed by atoms with Crippen LogP contribution >= 0.6 is 0 Å². The maximum atomic E-state index is 13.2. The summed E-state index contributed by atoms with van der Waals surface area (Å²) < 4.78 is 0. The Morgan fingerprint density at radius 1 is 0.857 bits per heavy atom. The Morgan fingerprint density at radius 2 is 1.54 bits per heavy atom. The second kappa shape index (κ2) is 9.38. The van der Waals surface area contributed by atoms with Gasteiger partial charge in [-0.1, -0.05) is 68.4 Å². The summed E-state index contributed by atoms with van der Waals surface area (Å²) in [6.07, 6.45) is 0.359. The third kappa shape index (κ3) is 4.70. The summed E-state index contributed by atoms with van der Waals surface area (Å²) >= 11 is 0. The molecule has 0 heterocycles. The van der Waals surface area contributed by atoms with Crippen LogP contribution in [0.5, 0.6) is 0 Å². The molecule has 0 aliphatic rings. The number of hydrogen-bond acceptors (Lipinski definition) is 3. The highest BCUT2D eigenvalue weighted by Gasteiger charge is 2.19. The van der Waals surface area contributed by atoms with Crippen LogP contribution < -0.4 is 10.6 Å². The van der Waals surface area contributed by atoms with E-state index >= 15 is 0 Å². The first kappa shape index (κ1) is 19.9. The highest BCUT2D eigenvalue weighted by atomic mass is 16.2. The van der Waals surface area contributed by atoms with Gasteiger partial charge in [0.15, 0.2) is 0 Å². The lowest BCUT2D eigenvalue weighted by molar-refractivity contribution is -0.118. The molecule has 3 aromatic carbocycles. The van der Waals surface area contributed by atoms with Gasteiger partial charge >= 0.3 is 0 Å². The van der Waals surface area contributed by atoms with E-state index in [4.69, 9.17) is 5.73 Å². The number of likely N-dealkylation sites (N-methyl/N-ethyl adjacent to an activating group) is 1. The van der Waals surface area contributed by atoms with Crippen LogP contribution in [0.2, 0.25) is 0 Å². The summed E-state index contributed by atoms with van der Waals surface area (Å²) in [6.45, 7) is 7.66. The highest BCUT2D eigenvalue weighted by molar-refractivity contribution is 5.98. The van der Waals surface area contributed by atoms with Gasteiger partial charge in [0.05, 0.1) is 17.8 Å². The van der Waals surface area contributed by atoms with Crippen LogP contribution in [0.25, 0.3) is 10.8 Å². The highest BCUT2D eigenvalue weighted by Crippen LogP contribution is 2.24. The van der Waals surface area contributed by atoms with E-state index in [9.17, 15) is 4.79 Å². The van der Waals surface area contributed by atoms with E-state index in [0.717, 1.165) is 36.3 Å². The number of nitrogens with zero attached hydrogens (tertiary/aromatic N) is 2. The maximum absolute atomic E-state index is 13.2. The van der Waals surface area contributed by atoms with Crippen LogP contribution in [0.15, 0.2) is 66.7 Å². The smallest absolute Gasteiger partial charge is 0.231 e. The molecule has 0 aliphatic carbocycles. The number of anilines is 2. The number of nitrogen functional groups attached to an aromatic ring is 1. The summed E-state index contributed by atoms with van der Waals surface area (Å²) in [5.74, 6) is 0.0698. The first-order chi connectivity index (χ1) is 13.6. The van der Waals surface area contributed by atoms with Crippen LogP contribution in [-0.2, 0) is 11.2 Å². The number of benzene rings is 3. The lowest BCUT2D eigenvalue weighted by Gasteiger charge is -2.27. The van der Waals surface area contributed by atoms with Gasteiger partial charge in [-0.25, -0.2) is 0 Å². The first-order valence-corrected chi connectivity index (χ1v) is 9.97. The van der Waals surface area contributed by atoms with Crippen molar-refractivity contribution in [3.63, 3.8) is 0 Å². The summed E-state index contributed by atoms with van der Waals surface area (Å²) in [5.41, 5.74) is 8.64. The molecular weight excluding hydrogens is 346 g/mol. The molecule has 3 rings (SSSR count). The minimum Gasteiger partial charge on any atom is -0.397 e. The van der Waals surface area contributed by atoms with Gasteiger partial charge in [0, 0.05) is 13.1 Å². The molecule has 28 heavy (non-hydrogen) atoms. The van der Waals surface area contributed by atoms with Crippen LogP contribution in [0, 0.1) is 0 Å². The molecule has 0 aromatic heterocycles. The number of nitrogens with two attached hydrogens (primary N) is 1. The zero-order valence-corrected chi connectivity index (χ0v) is 16.8. The topological polar surface area (TPSA) is 49.6 Å². The fourth-order valence-corrected chi connectivity index (χ4v) is 3.51. The number of para-hydroxylation sites is 2. The van der Waals surface area contributed by atoms with E-state index in [2.05, 4.69) is 43.0 Å². The van der Waals surface area contributed by atoms with Gasteiger partial charge in [-0.05, 0) is 41.6 Å². The molecule has 0 aliphatic heterocycles. The predicted octanol–water partition coefficient (Wildman–Crippen LogP) is 4.34. The van der Waals surface area contributed by atoms with Gasteiger partial charge in [-0.2, -0.15) is 0 Å². The van der Waals surface area contributed by atoms with Crippen molar-refractivity contribution in [3.8, 4) is 0 Å². The quantitative estimate of drug-likeness (QED) is 0.596. The van der Waals surface area contributed by atoms with Crippen molar-refractivity contribution in [3.05, 3.63) is 72.3 Å². The minimum absolute atomic E-state index is 0.0698. The van der Waals surface area contributed by atoms with Crippen molar-refractivity contribution >= 4 is 28.1 Å². The molecule has 1 amide bonds. The lowest BCUT2D eigenvalue weighted by Crippen LogP contribution is -2.40. The van der Waals surface area contributed by atoms with Crippen LogP contribution in [0.3, 0.4) is 0 Å². The summed E-state index contributed by atoms with van der Waals surface area (Å²) in [4.78, 5) is 17.4. The van der Waals surface area contributed by atoms with Crippen molar-refractivity contribution in [2.24, 2.45) is 0 Å². The number of hydrogen-bond donors (Lipinski definition) is 1. The number of carbonyl (C=O) groups excluding carboxylic acids is 1. The number of amides is 1. The second-order valence-corrected chi connectivity index (χ2v) is 6.99. The Balaban J connectivity index is 1.83. The molecule has 0 unspecified atom stereocenters. The largest absolute Gasteiger partial charge is 0.397 e. The Morgan fingerprint density at radius 3 is 2.25 bits per heavy atom. The Labute approximate surface area is 167 Å². The molecule has 0 saturated heterocycles. The molecule has 4 heteroatoms. The Bertz CT molecular complexity index is 934. The van der Waals surface area contributed by atoms with E-state index in [-0.39, 0.29) is 5.91 Å². The van der Waals surface area contributed by atoms with Crippen molar-refractivity contribution in [1.82, 2.24) is 4.90 Å². The van der Waals surface area contributed by atoms with Crippen molar-refractivity contribution in [2.75, 3.05) is 36.8 Å². The average molecular weight is 376 g/mol. The zero-order valence-electron chi connectivity index (χ0n) is 16.8. The number of fused-ring (bicyclic) bond motifs is 1. The molecule has 3 aromatic rings. The van der Waals surface area contributed by atoms with Crippen molar-refractivity contribution in [2.45, 2.75) is 20.3 Å².